The molecule has 0 radical (unpaired) electrons. The minimum atomic E-state index is 0.700. The SMILES string of the molecule is COCC1CCN(c2cnc(CNC3CC3)cn2)CC1. The summed E-state index contributed by atoms with van der Waals surface area (Å²) in [7, 11) is 1.78. The fourth-order valence-corrected chi connectivity index (χ4v) is 2.70. The van der Waals surface area contributed by atoms with E-state index in [1.165, 1.54) is 25.7 Å². The van der Waals surface area contributed by atoms with Crippen molar-refractivity contribution >= 4 is 5.82 Å². The zero-order chi connectivity index (χ0) is 13.8. The van der Waals surface area contributed by atoms with E-state index in [2.05, 4.69) is 20.2 Å². The van der Waals surface area contributed by atoms with Crippen LogP contribution in [0.2, 0.25) is 0 Å². The molecule has 1 saturated carbocycles. The normalized spacial score (nSPS) is 20.4. The van der Waals surface area contributed by atoms with Gasteiger partial charge in [-0.05, 0) is 31.6 Å². The Morgan fingerprint density at radius 2 is 2.00 bits per heavy atom. The molecular weight excluding hydrogens is 252 g/mol. The molecule has 2 heterocycles. The summed E-state index contributed by atoms with van der Waals surface area (Å²) >= 11 is 0. The Balaban J connectivity index is 1.49. The highest BCUT2D eigenvalue weighted by molar-refractivity contribution is 5.36. The number of nitrogens with one attached hydrogen (secondary N) is 1. The van der Waals surface area contributed by atoms with Crippen molar-refractivity contribution in [1.29, 1.82) is 0 Å². The number of piperidine rings is 1. The first-order valence-electron chi connectivity index (χ1n) is 7.63. The molecule has 5 nitrogen and oxygen atoms in total. The molecule has 0 atom stereocenters. The van der Waals surface area contributed by atoms with Gasteiger partial charge in [-0.15, -0.1) is 0 Å². The molecule has 2 aliphatic rings. The molecule has 20 heavy (non-hydrogen) atoms. The number of ether oxygens (including phenoxy) is 1. The second kappa shape index (κ2) is 6.50. The van der Waals surface area contributed by atoms with Crippen LogP contribution in [0.15, 0.2) is 12.4 Å². The van der Waals surface area contributed by atoms with Crippen molar-refractivity contribution in [2.24, 2.45) is 5.92 Å². The minimum absolute atomic E-state index is 0.700. The summed E-state index contributed by atoms with van der Waals surface area (Å²) < 4.78 is 5.24. The summed E-state index contributed by atoms with van der Waals surface area (Å²) in [4.78, 5) is 11.4. The minimum Gasteiger partial charge on any atom is -0.384 e. The van der Waals surface area contributed by atoms with E-state index in [0.717, 1.165) is 43.8 Å². The van der Waals surface area contributed by atoms with Gasteiger partial charge in [0.1, 0.15) is 5.82 Å². The lowest BCUT2D eigenvalue weighted by Crippen LogP contribution is -2.35. The number of rotatable bonds is 6. The van der Waals surface area contributed by atoms with Gasteiger partial charge in [0.25, 0.3) is 0 Å². The molecule has 1 aliphatic heterocycles. The van der Waals surface area contributed by atoms with Gasteiger partial charge in [-0.3, -0.25) is 4.98 Å². The molecule has 1 aromatic rings. The van der Waals surface area contributed by atoms with Gasteiger partial charge < -0.3 is 15.0 Å². The van der Waals surface area contributed by atoms with Crippen molar-refractivity contribution in [3.05, 3.63) is 18.1 Å². The maximum Gasteiger partial charge on any atom is 0.147 e. The van der Waals surface area contributed by atoms with Crippen LogP contribution in [-0.2, 0) is 11.3 Å². The Labute approximate surface area is 120 Å². The van der Waals surface area contributed by atoms with Gasteiger partial charge in [0, 0.05) is 39.4 Å². The van der Waals surface area contributed by atoms with Gasteiger partial charge in [0.2, 0.25) is 0 Å². The van der Waals surface area contributed by atoms with Gasteiger partial charge in [0.15, 0.2) is 0 Å². The van der Waals surface area contributed by atoms with E-state index >= 15 is 0 Å². The van der Waals surface area contributed by atoms with E-state index in [9.17, 15) is 0 Å². The molecule has 0 spiro atoms. The number of hydrogen-bond donors (Lipinski definition) is 1. The molecule has 3 rings (SSSR count). The largest absolute Gasteiger partial charge is 0.384 e. The Bertz CT molecular complexity index is 410. The summed E-state index contributed by atoms with van der Waals surface area (Å²) in [6, 6.07) is 0.719. The molecule has 1 aliphatic carbocycles. The highest BCUT2D eigenvalue weighted by atomic mass is 16.5. The molecular formula is C15H24N4O. The Morgan fingerprint density at radius 1 is 1.20 bits per heavy atom. The monoisotopic (exact) mass is 276 g/mol. The van der Waals surface area contributed by atoms with Crippen molar-refractivity contribution < 1.29 is 4.74 Å². The van der Waals surface area contributed by atoms with Crippen LogP contribution in [0.5, 0.6) is 0 Å². The lowest BCUT2D eigenvalue weighted by atomic mass is 9.98. The highest BCUT2D eigenvalue weighted by Crippen LogP contribution is 2.22. The van der Waals surface area contributed by atoms with E-state index in [0.29, 0.717) is 5.92 Å². The molecule has 0 aromatic carbocycles. The smallest absolute Gasteiger partial charge is 0.147 e. The molecule has 1 saturated heterocycles. The van der Waals surface area contributed by atoms with Crippen molar-refractivity contribution in [1.82, 2.24) is 15.3 Å². The summed E-state index contributed by atoms with van der Waals surface area (Å²) in [5, 5.41) is 3.46. The summed E-state index contributed by atoms with van der Waals surface area (Å²) in [5.41, 5.74) is 1.04. The molecule has 0 amide bonds. The third-order valence-corrected chi connectivity index (χ3v) is 4.18. The van der Waals surface area contributed by atoms with E-state index in [1.807, 2.05) is 12.4 Å². The van der Waals surface area contributed by atoms with Gasteiger partial charge in [0.05, 0.1) is 18.1 Å². The standard InChI is InChI=1S/C15H24N4O/c1-20-11-12-4-6-19(7-5-12)15-10-17-14(9-18-15)8-16-13-2-3-13/h9-10,12-13,16H,2-8,11H2,1H3. The number of methoxy groups -OCH3 is 1. The first kappa shape index (κ1) is 13.8. The van der Waals surface area contributed by atoms with Gasteiger partial charge >= 0.3 is 0 Å². The van der Waals surface area contributed by atoms with Crippen molar-refractivity contribution in [3.8, 4) is 0 Å². The lowest BCUT2D eigenvalue weighted by molar-refractivity contribution is 0.139. The number of hydrogen-bond acceptors (Lipinski definition) is 5. The molecule has 1 N–H and O–H groups in total. The van der Waals surface area contributed by atoms with Gasteiger partial charge in [-0.25, -0.2) is 4.98 Å². The van der Waals surface area contributed by atoms with Crippen LogP contribution in [-0.4, -0.2) is 42.8 Å². The molecule has 0 unspecified atom stereocenters. The Kier molecular flexibility index (Phi) is 4.47. The molecule has 2 fully saturated rings. The van der Waals surface area contributed by atoms with E-state index < -0.39 is 0 Å². The molecule has 110 valence electrons. The lowest BCUT2D eigenvalue weighted by Gasteiger charge is -2.32. The van der Waals surface area contributed by atoms with Crippen molar-refractivity contribution in [2.75, 3.05) is 31.7 Å². The maximum absolute atomic E-state index is 5.24. The zero-order valence-corrected chi connectivity index (χ0v) is 12.2. The van der Waals surface area contributed by atoms with Gasteiger partial charge in [-0.1, -0.05) is 0 Å². The Hall–Kier alpha value is -1.20. The predicted molar refractivity (Wildman–Crippen MR) is 78.7 cm³/mol. The van der Waals surface area contributed by atoms with E-state index in [-0.39, 0.29) is 0 Å². The van der Waals surface area contributed by atoms with Crippen LogP contribution in [0.25, 0.3) is 0 Å². The Morgan fingerprint density at radius 3 is 2.60 bits per heavy atom. The average Bonchev–Trinajstić information content (AvgIpc) is 3.31. The van der Waals surface area contributed by atoms with Crippen LogP contribution in [0.1, 0.15) is 31.4 Å². The third kappa shape index (κ3) is 3.67. The maximum atomic E-state index is 5.24. The van der Waals surface area contributed by atoms with Crippen molar-refractivity contribution in [3.63, 3.8) is 0 Å². The summed E-state index contributed by atoms with van der Waals surface area (Å²) in [6.45, 7) is 3.84. The van der Waals surface area contributed by atoms with Crippen LogP contribution in [0.4, 0.5) is 5.82 Å². The first-order valence-corrected chi connectivity index (χ1v) is 7.63. The quantitative estimate of drug-likeness (QED) is 0.855. The summed E-state index contributed by atoms with van der Waals surface area (Å²) in [6.07, 6.45) is 8.80. The van der Waals surface area contributed by atoms with Crippen molar-refractivity contribution in [2.45, 2.75) is 38.3 Å². The number of anilines is 1. The second-order valence-corrected chi connectivity index (χ2v) is 5.91. The summed E-state index contributed by atoms with van der Waals surface area (Å²) in [5.74, 6) is 1.71. The topological polar surface area (TPSA) is 50.3 Å². The van der Waals surface area contributed by atoms with Gasteiger partial charge in [-0.2, -0.15) is 0 Å². The zero-order valence-electron chi connectivity index (χ0n) is 12.2. The average molecular weight is 276 g/mol. The molecule has 5 heteroatoms. The first-order chi connectivity index (χ1) is 9.85. The fourth-order valence-electron chi connectivity index (χ4n) is 2.70. The molecule has 1 aromatic heterocycles. The third-order valence-electron chi connectivity index (χ3n) is 4.18. The number of nitrogens with zero attached hydrogens (tertiary/aromatic N) is 3. The predicted octanol–water partition coefficient (Wildman–Crippen LogP) is 1.59. The van der Waals surface area contributed by atoms with E-state index in [1.54, 1.807) is 7.11 Å². The second-order valence-electron chi connectivity index (χ2n) is 5.91. The molecule has 0 bridgehead atoms. The van der Waals surface area contributed by atoms with Crippen LogP contribution in [0.3, 0.4) is 0 Å². The van der Waals surface area contributed by atoms with Crippen LogP contribution in [0, 0.1) is 5.92 Å². The highest BCUT2D eigenvalue weighted by Gasteiger charge is 2.21. The fraction of sp³-hybridized carbons (Fsp3) is 0.733. The number of aromatic nitrogens is 2. The van der Waals surface area contributed by atoms with Crippen LogP contribution >= 0.6 is 0 Å². The van der Waals surface area contributed by atoms with Crippen LogP contribution < -0.4 is 10.2 Å². The van der Waals surface area contributed by atoms with E-state index in [4.69, 9.17) is 4.74 Å².